The van der Waals surface area contributed by atoms with Crippen molar-refractivity contribution in [3.8, 4) is 6.07 Å². The average Bonchev–Trinajstić information content (AvgIpc) is 2.67. The number of allylic oxidation sites excluding steroid dienone is 2. The standard InChI is InChI=1S/C13H19NO/c14-7-3-4-8-15-13-9-11-5-1-2-6-12(11)10-13/h1-2,11-13H,3-6,8-10H2. The van der Waals surface area contributed by atoms with Crippen molar-refractivity contribution in [3.63, 3.8) is 0 Å². The molecule has 2 aliphatic carbocycles. The van der Waals surface area contributed by atoms with E-state index in [2.05, 4.69) is 18.2 Å². The van der Waals surface area contributed by atoms with Crippen molar-refractivity contribution >= 4 is 0 Å². The van der Waals surface area contributed by atoms with E-state index in [0.717, 1.165) is 24.9 Å². The second kappa shape index (κ2) is 5.32. The second-order valence-electron chi connectivity index (χ2n) is 4.69. The lowest BCUT2D eigenvalue weighted by atomic mass is 9.86. The Labute approximate surface area is 91.9 Å². The van der Waals surface area contributed by atoms with Gasteiger partial charge in [-0.3, -0.25) is 0 Å². The van der Waals surface area contributed by atoms with Crippen molar-refractivity contribution in [1.82, 2.24) is 0 Å². The summed E-state index contributed by atoms with van der Waals surface area (Å²) in [6.07, 6.45) is 11.6. The molecule has 0 aromatic rings. The highest BCUT2D eigenvalue weighted by Gasteiger charge is 2.34. The Bertz CT molecular complexity index is 250. The zero-order valence-corrected chi connectivity index (χ0v) is 9.19. The molecule has 1 saturated carbocycles. The Kier molecular flexibility index (Phi) is 3.80. The van der Waals surface area contributed by atoms with Crippen molar-refractivity contribution in [3.05, 3.63) is 12.2 Å². The Hall–Kier alpha value is -0.810. The molecular weight excluding hydrogens is 186 g/mol. The molecule has 2 heteroatoms. The van der Waals surface area contributed by atoms with Gasteiger partial charge in [0.25, 0.3) is 0 Å². The van der Waals surface area contributed by atoms with Gasteiger partial charge in [-0.15, -0.1) is 0 Å². The Morgan fingerprint density at radius 2 is 1.87 bits per heavy atom. The number of hydrogen-bond donors (Lipinski definition) is 0. The van der Waals surface area contributed by atoms with E-state index in [0.29, 0.717) is 12.5 Å². The first-order valence-electron chi connectivity index (χ1n) is 6.03. The van der Waals surface area contributed by atoms with Gasteiger partial charge in [-0.1, -0.05) is 12.2 Å². The number of nitrogens with zero attached hydrogens (tertiary/aromatic N) is 1. The van der Waals surface area contributed by atoms with Gasteiger partial charge in [-0.2, -0.15) is 5.26 Å². The van der Waals surface area contributed by atoms with Crippen LogP contribution in [0.3, 0.4) is 0 Å². The Morgan fingerprint density at radius 3 is 2.47 bits per heavy atom. The molecule has 0 radical (unpaired) electrons. The van der Waals surface area contributed by atoms with Gasteiger partial charge in [0.15, 0.2) is 0 Å². The van der Waals surface area contributed by atoms with Crippen LogP contribution >= 0.6 is 0 Å². The number of ether oxygens (including phenoxy) is 1. The lowest BCUT2D eigenvalue weighted by Crippen LogP contribution is -2.09. The maximum Gasteiger partial charge on any atom is 0.0622 e. The van der Waals surface area contributed by atoms with Crippen LogP contribution in [0.1, 0.15) is 38.5 Å². The summed E-state index contributed by atoms with van der Waals surface area (Å²) in [4.78, 5) is 0. The van der Waals surface area contributed by atoms with Crippen LogP contribution in [0, 0.1) is 23.2 Å². The molecule has 2 aliphatic rings. The fraction of sp³-hybridized carbons (Fsp3) is 0.769. The van der Waals surface area contributed by atoms with Gasteiger partial charge < -0.3 is 4.74 Å². The monoisotopic (exact) mass is 205 g/mol. The molecule has 0 bridgehead atoms. The highest BCUT2D eigenvalue weighted by Crippen LogP contribution is 2.40. The van der Waals surface area contributed by atoms with Crippen LogP contribution < -0.4 is 0 Å². The van der Waals surface area contributed by atoms with Gasteiger partial charge in [0, 0.05) is 13.0 Å². The zero-order chi connectivity index (χ0) is 10.5. The lowest BCUT2D eigenvalue weighted by Gasteiger charge is -2.19. The molecule has 0 saturated heterocycles. The molecule has 2 unspecified atom stereocenters. The fourth-order valence-electron chi connectivity index (χ4n) is 2.81. The lowest BCUT2D eigenvalue weighted by molar-refractivity contribution is 0.0532. The van der Waals surface area contributed by atoms with Gasteiger partial charge in [-0.05, 0) is 43.9 Å². The van der Waals surface area contributed by atoms with Crippen molar-refractivity contribution in [2.45, 2.75) is 44.6 Å². The highest BCUT2D eigenvalue weighted by molar-refractivity contribution is 4.99. The minimum Gasteiger partial charge on any atom is -0.378 e. The van der Waals surface area contributed by atoms with Crippen molar-refractivity contribution in [2.24, 2.45) is 11.8 Å². The third-order valence-electron chi connectivity index (χ3n) is 3.63. The molecule has 0 aromatic heterocycles. The molecular formula is C13H19NO. The summed E-state index contributed by atoms with van der Waals surface area (Å²) in [5.74, 6) is 1.74. The number of unbranched alkanes of at least 4 members (excludes halogenated alkanes) is 1. The molecule has 15 heavy (non-hydrogen) atoms. The summed E-state index contributed by atoms with van der Waals surface area (Å²) in [6, 6.07) is 2.15. The average molecular weight is 205 g/mol. The van der Waals surface area contributed by atoms with E-state index in [1.54, 1.807) is 0 Å². The molecule has 0 aliphatic heterocycles. The largest absolute Gasteiger partial charge is 0.378 e. The van der Waals surface area contributed by atoms with Crippen molar-refractivity contribution in [1.29, 1.82) is 5.26 Å². The first-order valence-corrected chi connectivity index (χ1v) is 6.03. The topological polar surface area (TPSA) is 33.0 Å². The normalized spacial score (nSPS) is 33.7. The fourth-order valence-corrected chi connectivity index (χ4v) is 2.81. The van der Waals surface area contributed by atoms with Crippen LogP contribution in [-0.4, -0.2) is 12.7 Å². The number of nitriles is 1. The van der Waals surface area contributed by atoms with Crippen LogP contribution in [-0.2, 0) is 4.74 Å². The summed E-state index contributed by atoms with van der Waals surface area (Å²) in [5, 5.41) is 8.41. The Morgan fingerprint density at radius 1 is 1.20 bits per heavy atom. The minimum atomic E-state index is 0.471. The summed E-state index contributed by atoms with van der Waals surface area (Å²) in [7, 11) is 0. The van der Waals surface area contributed by atoms with Gasteiger partial charge >= 0.3 is 0 Å². The van der Waals surface area contributed by atoms with E-state index < -0.39 is 0 Å². The molecule has 0 spiro atoms. The molecule has 0 N–H and O–H groups in total. The van der Waals surface area contributed by atoms with Crippen molar-refractivity contribution in [2.75, 3.05) is 6.61 Å². The number of hydrogen-bond acceptors (Lipinski definition) is 2. The predicted molar refractivity (Wildman–Crippen MR) is 59.2 cm³/mol. The molecule has 0 heterocycles. The number of fused-ring (bicyclic) bond motifs is 1. The van der Waals surface area contributed by atoms with E-state index in [1.165, 1.54) is 25.7 Å². The van der Waals surface area contributed by atoms with E-state index >= 15 is 0 Å². The second-order valence-corrected chi connectivity index (χ2v) is 4.69. The van der Waals surface area contributed by atoms with E-state index in [4.69, 9.17) is 10.00 Å². The quantitative estimate of drug-likeness (QED) is 0.522. The Balaban J connectivity index is 1.67. The SMILES string of the molecule is N#CCCCOC1CC2CC=CCC2C1. The first-order chi connectivity index (χ1) is 7.40. The van der Waals surface area contributed by atoms with Crippen LogP contribution in [0.15, 0.2) is 12.2 Å². The van der Waals surface area contributed by atoms with Crippen molar-refractivity contribution < 1.29 is 4.74 Å². The molecule has 0 amide bonds. The molecule has 2 nitrogen and oxygen atoms in total. The first kappa shape index (κ1) is 10.7. The van der Waals surface area contributed by atoms with E-state index in [-0.39, 0.29) is 0 Å². The van der Waals surface area contributed by atoms with Gasteiger partial charge in [-0.25, -0.2) is 0 Å². The number of rotatable bonds is 4. The highest BCUT2D eigenvalue weighted by atomic mass is 16.5. The molecule has 0 aromatic carbocycles. The van der Waals surface area contributed by atoms with Crippen LogP contribution in [0.5, 0.6) is 0 Å². The summed E-state index contributed by atoms with van der Waals surface area (Å²) in [5.41, 5.74) is 0. The third kappa shape index (κ3) is 2.82. The molecule has 2 atom stereocenters. The third-order valence-corrected chi connectivity index (χ3v) is 3.63. The van der Waals surface area contributed by atoms with E-state index in [9.17, 15) is 0 Å². The smallest absolute Gasteiger partial charge is 0.0622 e. The molecule has 82 valence electrons. The predicted octanol–water partition coefficient (Wildman–Crippen LogP) is 3.05. The summed E-state index contributed by atoms with van der Waals surface area (Å²) in [6.45, 7) is 0.769. The van der Waals surface area contributed by atoms with Crippen LogP contribution in [0.2, 0.25) is 0 Å². The maximum atomic E-state index is 8.41. The minimum absolute atomic E-state index is 0.471. The zero-order valence-electron chi connectivity index (χ0n) is 9.19. The summed E-state index contributed by atoms with van der Waals surface area (Å²) < 4.78 is 5.82. The van der Waals surface area contributed by atoms with E-state index in [1.807, 2.05) is 0 Å². The van der Waals surface area contributed by atoms with Gasteiger partial charge in [0.05, 0.1) is 12.2 Å². The molecule has 1 fully saturated rings. The maximum absolute atomic E-state index is 8.41. The van der Waals surface area contributed by atoms with Crippen LogP contribution in [0.4, 0.5) is 0 Å². The summed E-state index contributed by atoms with van der Waals surface area (Å²) >= 11 is 0. The van der Waals surface area contributed by atoms with Crippen LogP contribution in [0.25, 0.3) is 0 Å². The van der Waals surface area contributed by atoms with Gasteiger partial charge in [0.1, 0.15) is 0 Å². The van der Waals surface area contributed by atoms with Gasteiger partial charge in [0.2, 0.25) is 0 Å². The molecule has 2 rings (SSSR count).